The van der Waals surface area contributed by atoms with Crippen molar-refractivity contribution < 1.29 is 18.9 Å². The summed E-state index contributed by atoms with van der Waals surface area (Å²) in [5, 5.41) is 0. The summed E-state index contributed by atoms with van der Waals surface area (Å²) in [6.45, 7) is 10.3. The Bertz CT molecular complexity index is 113. The molecule has 46 valence electrons. The fourth-order valence-corrected chi connectivity index (χ4v) is 0.983. The van der Waals surface area contributed by atoms with Crippen LogP contribution in [0.5, 0.6) is 0 Å². The van der Waals surface area contributed by atoms with E-state index in [1.807, 2.05) is 0 Å². The molecular weight excluding hydrogens is 119 g/mol. The summed E-state index contributed by atoms with van der Waals surface area (Å²) < 4.78 is 0. The topological polar surface area (TPSA) is 0 Å². The maximum absolute atomic E-state index is 3.64. The van der Waals surface area contributed by atoms with Gasteiger partial charge in [0.25, 0.3) is 0 Å². The average Bonchev–Trinajstić information content (AvgIpc) is 1.59. The minimum atomic E-state index is -1.08. The summed E-state index contributed by atoms with van der Waals surface area (Å²) >= 11 is 0. The molecule has 0 aliphatic rings. The van der Waals surface area contributed by atoms with Crippen LogP contribution in [-0.4, -0.2) is 8.07 Å². The van der Waals surface area contributed by atoms with Crippen molar-refractivity contribution in [2.24, 2.45) is 0 Å². The first kappa shape index (κ1) is 12.1. The van der Waals surface area contributed by atoms with Crippen LogP contribution < -0.4 is 18.9 Å². The van der Waals surface area contributed by atoms with Crippen LogP contribution in [0.15, 0.2) is 0 Å². The Morgan fingerprint density at radius 1 is 1.33 bits per heavy atom. The van der Waals surface area contributed by atoms with Gasteiger partial charge in [0, 0.05) is 0 Å². The van der Waals surface area contributed by atoms with Gasteiger partial charge in [-0.3, -0.25) is 0 Å². The zero-order valence-electron chi connectivity index (χ0n) is 6.91. The molecule has 2 heteroatoms. The molecular formula is C7H13LiSi. The molecule has 9 heavy (non-hydrogen) atoms. The second-order valence-electron chi connectivity index (χ2n) is 2.80. The molecule has 0 aromatic rings. The maximum Gasteiger partial charge on any atom is 1.00 e. The van der Waals surface area contributed by atoms with Crippen LogP contribution in [0.25, 0.3) is 0 Å². The van der Waals surface area contributed by atoms with Crippen molar-refractivity contribution in [1.29, 1.82) is 0 Å². The van der Waals surface area contributed by atoms with Gasteiger partial charge in [-0.05, 0) is 0 Å². The molecule has 0 amide bonds. The molecule has 0 aromatic carbocycles. The summed E-state index contributed by atoms with van der Waals surface area (Å²) in [5.41, 5.74) is 3.20. The molecule has 0 radical (unpaired) electrons. The number of rotatable bonds is 0. The predicted molar refractivity (Wildman–Crippen MR) is 41.1 cm³/mol. The van der Waals surface area contributed by atoms with E-state index in [1.54, 1.807) is 0 Å². The molecule has 0 saturated carbocycles. The molecule has 0 fully saturated rings. The third kappa shape index (κ3) is 11.8. The summed E-state index contributed by atoms with van der Waals surface area (Å²) in [5.74, 6) is 2.99. The Morgan fingerprint density at radius 2 is 1.78 bits per heavy atom. The number of hydrogen-bond acceptors (Lipinski definition) is 0. The molecule has 0 saturated heterocycles. The monoisotopic (exact) mass is 132 g/mol. The smallest absolute Gasteiger partial charge is 0.332 e. The Morgan fingerprint density at radius 3 is 1.89 bits per heavy atom. The third-order valence-electron chi connectivity index (χ3n) is 0.588. The van der Waals surface area contributed by atoms with E-state index < -0.39 is 8.07 Å². The van der Waals surface area contributed by atoms with Crippen LogP contribution in [0.4, 0.5) is 0 Å². The molecule has 0 atom stereocenters. The van der Waals surface area contributed by atoms with Crippen molar-refractivity contribution in [3.05, 3.63) is 6.92 Å². The summed E-state index contributed by atoms with van der Waals surface area (Å²) in [7, 11) is -1.08. The van der Waals surface area contributed by atoms with Crippen LogP contribution in [0, 0.1) is 18.4 Å². The van der Waals surface area contributed by atoms with Gasteiger partial charge in [0.2, 0.25) is 0 Å². The van der Waals surface area contributed by atoms with Gasteiger partial charge in [0.05, 0.1) is 0 Å². The van der Waals surface area contributed by atoms with Gasteiger partial charge in [-0.25, -0.2) is 0 Å². The van der Waals surface area contributed by atoms with E-state index >= 15 is 0 Å². The molecule has 0 spiro atoms. The zero-order chi connectivity index (χ0) is 6.62. The van der Waals surface area contributed by atoms with Gasteiger partial charge >= 0.3 is 18.9 Å². The van der Waals surface area contributed by atoms with Crippen molar-refractivity contribution in [2.45, 2.75) is 26.1 Å². The molecule has 0 heterocycles. The predicted octanol–water partition coefficient (Wildman–Crippen LogP) is -0.905. The minimum absolute atomic E-state index is 0. The van der Waals surface area contributed by atoms with Crippen LogP contribution in [0.1, 0.15) is 6.42 Å². The SMILES string of the molecule is [CH2-]CC#C[Si](C)(C)C.[Li+]. The Labute approximate surface area is 71.6 Å². The van der Waals surface area contributed by atoms with Crippen LogP contribution >= 0.6 is 0 Å². The van der Waals surface area contributed by atoms with Crippen molar-refractivity contribution in [2.75, 3.05) is 0 Å². The van der Waals surface area contributed by atoms with Crippen molar-refractivity contribution in [1.82, 2.24) is 0 Å². The Hall–Kier alpha value is 0.374. The molecule has 0 bridgehead atoms. The van der Waals surface area contributed by atoms with Crippen LogP contribution in [0.3, 0.4) is 0 Å². The second-order valence-corrected chi connectivity index (χ2v) is 7.55. The first-order valence-corrected chi connectivity index (χ1v) is 6.35. The average molecular weight is 132 g/mol. The summed E-state index contributed by atoms with van der Waals surface area (Å²) in [6, 6.07) is 0. The first-order chi connectivity index (χ1) is 3.56. The van der Waals surface area contributed by atoms with Gasteiger partial charge in [-0.2, -0.15) is 0 Å². The molecule has 0 rings (SSSR count). The van der Waals surface area contributed by atoms with E-state index in [1.165, 1.54) is 0 Å². The largest absolute Gasteiger partial charge is 1.00 e. The molecule has 0 aliphatic carbocycles. The van der Waals surface area contributed by atoms with E-state index in [4.69, 9.17) is 0 Å². The second kappa shape index (κ2) is 5.18. The standard InChI is InChI=1S/C7H13Si.Li/c1-5-6-7-8(2,3)4;/h1,5H2,2-4H3;/q-1;+1. The third-order valence-corrected chi connectivity index (χ3v) is 1.52. The van der Waals surface area contributed by atoms with Gasteiger partial charge < -0.3 is 6.92 Å². The summed E-state index contributed by atoms with van der Waals surface area (Å²) in [4.78, 5) is 0. The maximum atomic E-state index is 3.64. The van der Waals surface area contributed by atoms with Gasteiger partial charge in [0.1, 0.15) is 8.07 Å². The Balaban J connectivity index is 0. The molecule has 0 aliphatic heterocycles. The quantitative estimate of drug-likeness (QED) is 0.227. The molecule has 0 unspecified atom stereocenters. The van der Waals surface area contributed by atoms with E-state index in [-0.39, 0.29) is 18.9 Å². The first-order valence-electron chi connectivity index (χ1n) is 2.85. The van der Waals surface area contributed by atoms with E-state index in [0.717, 1.165) is 6.42 Å². The normalized spacial score (nSPS) is 8.89. The van der Waals surface area contributed by atoms with E-state index in [9.17, 15) is 0 Å². The minimum Gasteiger partial charge on any atom is -0.332 e. The van der Waals surface area contributed by atoms with Crippen LogP contribution in [-0.2, 0) is 0 Å². The number of hydrogen-bond donors (Lipinski definition) is 0. The van der Waals surface area contributed by atoms with Gasteiger partial charge in [0.15, 0.2) is 0 Å². The Kier molecular flexibility index (Phi) is 6.96. The molecule has 0 nitrogen and oxygen atoms in total. The van der Waals surface area contributed by atoms with Gasteiger partial charge in [-0.15, -0.1) is 17.9 Å². The molecule has 0 aromatic heterocycles. The summed E-state index contributed by atoms with van der Waals surface area (Å²) in [6.07, 6.45) is 0.754. The fraction of sp³-hybridized carbons (Fsp3) is 0.571. The zero-order valence-corrected chi connectivity index (χ0v) is 7.91. The molecule has 0 N–H and O–H groups in total. The van der Waals surface area contributed by atoms with Gasteiger partial charge in [-0.1, -0.05) is 19.6 Å². The van der Waals surface area contributed by atoms with Crippen molar-refractivity contribution in [3.8, 4) is 11.5 Å². The van der Waals surface area contributed by atoms with Crippen LogP contribution in [0.2, 0.25) is 19.6 Å². The van der Waals surface area contributed by atoms with E-state index in [0.29, 0.717) is 0 Å². The van der Waals surface area contributed by atoms with E-state index in [2.05, 4.69) is 38.0 Å². The fourth-order valence-electron chi connectivity index (χ4n) is 0.328. The van der Waals surface area contributed by atoms with Crippen molar-refractivity contribution in [3.63, 3.8) is 0 Å². The van der Waals surface area contributed by atoms with Crippen molar-refractivity contribution >= 4 is 8.07 Å².